The number of hydrogen-bond acceptors (Lipinski definition) is 2. The van der Waals surface area contributed by atoms with Gasteiger partial charge in [-0.05, 0) is 18.2 Å². The van der Waals surface area contributed by atoms with Crippen molar-refractivity contribution in [3.05, 3.63) is 46.2 Å². The van der Waals surface area contributed by atoms with Gasteiger partial charge in [-0.3, -0.25) is 0 Å². The lowest BCUT2D eigenvalue weighted by Gasteiger charge is -2.06. The molecule has 2 rings (SSSR count). The van der Waals surface area contributed by atoms with Gasteiger partial charge in [-0.15, -0.1) is 0 Å². The summed E-state index contributed by atoms with van der Waals surface area (Å²) < 4.78 is 1.37. The van der Waals surface area contributed by atoms with Crippen molar-refractivity contribution in [2.75, 3.05) is 0 Å². The summed E-state index contributed by atoms with van der Waals surface area (Å²) in [5, 5.41) is 13.8. The highest BCUT2D eigenvalue weighted by molar-refractivity contribution is 6.31. The molecule has 0 saturated heterocycles. The molecule has 0 saturated carbocycles. The molecule has 1 N–H and O–H groups in total. The van der Waals surface area contributed by atoms with E-state index in [9.17, 15) is 4.79 Å². The minimum absolute atomic E-state index is 0.115. The van der Waals surface area contributed by atoms with Gasteiger partial charge in [0.05, 0.1) is 22.5 Å². The number of carboxylic acid groups (broad SMARTS) is 1. The van der Waals surface area contributed by atoms with Gasteiger partial charge < -0.3 is 5.11 Å². The SMILES string of the molecule is O=C(O)c1ccc(Cl)cc1-n1cc(Cl)cn1. The molecule has 6 heteroatoms. The number of halogens is 2. The number of nitrogens with zero attached hydrogens (tertiary/aromatic N) is 2. The molecule has 0 aliphatic carbocycles. The van der Waals surface area contributed by atoms with Crippen molar-refractivity contribution in [3.63, 3.8) is 0 Å². The molecule has 0 aliphatic heterocycles. The molecule has 1 aromatic carbocycles. The summed E-state index contributed by atoms with van der Waals surface area (Å²) in [5.41, 5.74) is 0.496. The van der Waals surface area contributed by atoms with E-state index in [0.29, 0.717) is 15.7 Å². The Balaban J connectivity index is 2.62. The summed E-state index contributed by atoms with van der Waals surface area (Å²) in [6, 6.07) is 4.46. The normalized spacial score (nSPS) is 10.4. The molecule has 1 aromatic heterocycles. The molecular formula is C10H6Cl2N2O2. The van der Waals surface area contributed by atoms with E-state index in [1.165, 1.54) is 35.3 Å². The van der Waals surface area contributed by atoms with Crippen LogP contribution in [0.15, 0.2) is 30.6 Å². The van der Waals surface area contributed by atoms with Crippen LogP contribution in [0.1, 0.15) is 10.4 Å². The van der Waals surface area contributed by atoms with Crippen LogP contribution in [-0.4, -0.2) is 20.9 Å². The third-order valence-corrected chi connectivity index (χ3v) is 2.42. The van der Waals surface area contributed by atoms with E-state index in [4.69, 9.17) is 28.3 Å². The Kier molecular flexibility index (Phi) is 2.85. The molecule has 82 valence electrons. The molecule has 0 bridgehead atoms. The Morgan fingerprint density at radius 3 is 2.62 bits per heavy atom. The molecule has 1 heterocycles. The van der Waals surface area contributed by atoms with Gasteiger partial charge in [0.25, 0.3) is 0 Å². The van der Waals surface area contributed by atoms with Crippen LogP contribution < -0.4 is 0 Å². The lowest BCUT2D eigenvalue weighted by atomic mass is 10.2. The zero-order valence-electron chi connectivity index (χ0n) is 7.89. The standard InChI is InChI=1S/C10H6Cl2N2O2/c11-6-1-2-8(10(15)16)9(3-6)14-5-7(12)4-13-14/h1-5H,(H,15,16). The zero-order valence-corrected chi connectivity index (χ0v) is 9.40. The van der Waals surface area contributed by atoms with Gasteiger partial charge in [0.15, 0.2) is 0 Å². The fourth-order valence-corrected chi connectivity index (χ4v) is 1.61. The minimum Gasteiger partial charge on any atom is -0.478 e. The fourth-order valence-electron chi connectivity index (χ4n) is 1.31. The zero-order chi connectivity index (χ0) is 11.7. The van der Waals surface area contributed by atoms with E-state index in [1.54, 1.807) is 0 Å². The molecule has 4 nitrogen and oxygen atoms in total. The maximum absolute atomic E-state index is 11.0. The molecule has 0 radical (unpaired) electrons. The Bertz CT molecular complexity index is 552. The molecular weight excluding hydrogens is 251 g/mol. The fraction of sp³-hybridized carbons (Fsp3) is 0. The van der Waals surface area contributed by atoms with Crippen molar-refractivity contribution >= 4 is 29.2 Å². The van der Waals surface area contributed by atoms with Gasteiger partial charge in [0.2, 0.25) is 0 Å². The molecule has 16 heavy (non-hydrogen) atoms. The highest BCUT2D eigenvalue weighted by Crippen LogP contribution is 2.21. The summed E-state index contributed by atoms with van der Waals surface area (Å²) in [6.45, 7) is 0. The third-order valence-electron chi connectivity index (χ3n) is 1.99. The van der Waals surface area contributed by atoms with E-state index in [-0.39, 0.29) is 5.56 Å². The Labute approximate surface area is 101 Å². The lowest BCUT2D eigenvalue weighted by molar-refractivity contribution is 0.0697. The second-order valence-corrected chi connectivity index (χ2v) is 3.94. The first-order valence-electron chi connectivity index (χ1n) is 4.31. The van der Waals surface area contributed by atoms with Gasteiger partial charge in [-0.25, -0.2) is 9.48 Å². The first-order chi connectivity index (χ1) is 7.58. The average molecular weight is 257 g/mol. The van der Waals surface area contributed by atoms with E-state index < -0.39 is 5.97 Å². The molecule has 0 unspecified atom stereocenters. The predicted octanol–water partition coefficient (Wildman–Crippen LogP) is 2.88. The quantitative estimate of drug-likeness (QED) is 0.899. The number of carbonyl (C=O) groups is 1. The summed E-state index contributed by atoms with van der Waals surface area (Å²) >= 11 is 11.5. The van der Waals surface area contributed by atoms with Crippen molar-refractivity contribution in [2.24, 2.45) is 0 Å². The first kappa shape index (κ1) is 11.0. The predicted molar refractivity (Wildman–Crippen MR) is 60.5 cm³/mol. The maximum atomic E-state index is 11.0. The second-order valence-electron chi connectivity index (χ2n) is 3.07. The molecule has 0 spiro atoms. The van der Waals surface area contributed by atoms with Crippen LogP contribution in [0, 0.1) is 0 Å². The largest absolute Gasteiger partial charge is 0.478 e. The average Bonchev–Trinajstić information content (AvgIpc) is 2.64. The highest BCUT2D eigenvalue weighted by Gasteiger charge is 2.12. The molecule has 0 amide bonds. The summed E-state index contributed by atoms with van der Waals surface area (Å²) in [7, 11) is 0. The third kappa shape index (κ3) is 2.03. The highest BCUT2D eigenvalue weighted by atomic mass is 35.5. The smallest absolute Gasteiger partial charge is 0.337 e. The number of aromatic nitrogens is 2. The van der Waals surface area contributed by atoms with Crippen LogP contribution in [0.2, 0.25) is 10.0 Å². The number of carboxylic acids is 1. The van der Waals surface area contributed by atoms with E-state index in [2.05, 4.69) is 5.10 Å². The number of hydrogen-bond donors (Lipinski definition) is 1. The number of benzene rings is 1. The van der Waals surface area contributed by atoms with Gasteiger partial charge in [-0.2, -0.15) is 5.10 Å². The van der Waals surface area contributed by atoms with Crippen molar-refractivity contribution in [3.8, 4) is 5.69 Å². The Morgan fingerprint density at radius 2 is 2.06 bits per heavy atom. The number of rotatable bonds is 2. The van der Waals surface area contributed by atoms with Crippen LogP contribution in [-0.2, 0) is 0 Å². The van der Waals surface area contributed by atoms with E-state index >= 15 is 0 Å². The van der Waals surface area contributed by atoms with Gasteiger partial charge in [0, 0.05) is 11.2 Å². The summed E-state index contributed by atoms with van der Waals surface area (Å²) in [4.78, 5) is 11.0. The summed E-state index contributed by atoms with van der Waals surface area (Å²) in [6.07, 6.45) is 2.94. The minimum atomic E-state index is -1.04. The van der Waals surface area contributed by atoms with Crippen LogP contribution in [0.25, 0.3) is 5.69 Å². The molecule has 0 atom stereocenters. The maximum Gasteiger partial charge on any atom is 0.337 e. The molecule has 0 aliphatic rings. The Morgan fingerprint density at radius 1 is 1.31 bits per heavy atom. The van der Waals surface area contributed by atoms with Crippen LogP contribution in [0.4, 0.5) is 0 Å². The van der Waals surface area contributed by atoms with Crippen LogP contribution in [0.5, 0.6) is 0 Å². The first-order valence-corrected chi connectivity index (χ1v) is 5.07. The topological polar surface area (TPSA) is 55.1 Å². The van der Waals surface area contributed by atoms with Crippen molar-refractivity contribution < 1.29 is 9.90 Å². The van der Waals surface area contributed by atoms with Crippen molar-refractivity contribution in [1.82, 2.24) is 9.78 Å². The van der Waals surface area contributed by atoms with Crippen LogP contribution in [0.3, 0.4) is 0 Å². The van der Waals surface area contributed by atoms with Crippen LogP contribution >= 0.6 is 23.2 Å². The van der Waals surface area contributed by atoms with Gasteiger partial charge >= 0.3 is 5.97 Å². The van der Waals surface area contributed by atoms with Crippen molar-refractivity contribution in [1.29, 1.82) is 0 Å². The van der Waals surface area contributed by atoms with Gasteiger partial charge in [0.1, 0.15) is 0 Å². The summed E-state index contributed by atoms with van der Waals surface area (Å²) in [5.74, 6) is -1.04. The number of aromatic carboxylic acids is 1. The lowest BCUT2D eigenvalue weighted by Crippen LogP contribution is -2.05. The Hall–Kier alpha value is -1.52. The van der Waals surface area contributed by atoms with Crippen molar-refractivity contribution in [2.45, 2.75) is 0 Å². The second kappa shape index (κ2) is 4.15. The van der Waals surface area contributed by atoms with Gasteiger partial charge in [-0.1, -0.05) is 23.2 Å². The monoisotopic (exact) mass is 256 g/mol. The van der Waals surface area contributed by atoms with E-state index in [0.717, 1.165) is 0 Å². The van der Waals surface area contributed by atoms with E-state index in [1.807, 2.05) is 0 Å². The molecule has 2 aromatic rings. The molecule has 0 fully saturated rings.